The molecule has 0 fully saturated rings. The van der Waals surface area contributed by atoms with Crippen molar-refractivity contribution in [3.8, 4) is 28.6 Å². The molecule has 0 N–H and O–H groups in total. The highest BCUT2D eigenvalue weighted by Crippen LogP contribution is 2.34. The Hall–Kier alpha value is -3.33. The third-order valence-corrected chi connectivity index (χ3v) is 5.10. The molecule has 29 heavy (non-hydrogen) atoms. The minimum Gasteiger partial charge on any atom is -0.493 e. The molecular formula is C20H19N5O3S. The van der Waals surface area contributed by atoms with E-state index in [9.17, 15) is 0 Å². The maximum atomic E-state index is 5.47. The zero-order valence-corrected chi connectivity index (χ0v) is 17.0. The molecule has 0 bridgehead atoms. The molecular weight excluding hydrogens is 390 g/mol. The first-order chi connectivity index (χ1) is 14.2. The standard InChI is InChI=1S/C20H19N5O3S/c1-13-21-22-18(28-13)12-29-20-24-23-19(14-7-5-4-6-8-14)25(20)15-9-10-16(26-2)17(11-15)27-3/h4-11H,12H2,1-3H3. The van der Waals surface area contributed by atoms with Gasteiger partial charge in [-0.3, -0.25) is 4.57 Å². The first-order valence-electron chi connectivity index (χ1n) is 8.84. The molecule has 0 radical (unpaired) electrons. The average molecular weight is 409 g/mol. The van der Waals surface area contributed by atoms with Crippen molar-refractivity contribution >= 4 is 11.8 Å². The van der Waals surface area contributed by atoms with Gasteiger partial charge in [-0.05, 0) is 12.1 Å². The van der Waals surface area contributed by atoms with Crippen LogP contribution in [0, 0.1) is 6.92 Å². The van der Waals surface area contributed by atoms with Crippen LogP contribution in [0.15, 0.2) is 58.1 Å². The van der Waals surface area contributed by atoms with Gasteiger partial charge in [0.2, 0.25) is 11.8 Å². The van der Waals surface area contributed by atoms with E-state index in [0.29, 0.717) is 34.2 Å². The second-order valence-corrected chi connectivity index (χ2v) is 6.99. The fraction of sp³-hybridized carbons (Fsp3) is 0.200. The van der Waals surface area contributed by atoms with Crippen molar-refractivity contribution in [3.05, 3.63) is 60.3 Å². The van der Waals surface area contributed by atoms with E-state index in [2.05, 4.69) is 20.4 Å². The van der Waals surface area contributed by atoms with Crippen LogP contribution in [0.4, 0.5) is 0 Å². The molecule has 0 aliphatic carbocycles. The van der Waals surface area contributed by atoms with E-state index >= 15 is 0 Å². The van der Waals surface area contributed by atoms with Gasteiger partial charge < -0.3 is 13.9 Å². The molecule has 0 spiro atoms. The number of methoxy groups -OCH3 is 2. The Morgan fingerprint density at radius 3 is 2.41 bits per heavy atom. The van der Waals surface area contributed by atoms with E-state index in [4.69, 9.17) is 13.9 Å². The van der Waals surface area contributed by atoms with Crippen LogP contribution in [-0.4, -0.2) is 39.2 Å². The molecule has 0 aliphatic rings. The van der Waals surface area contributed by atoms with Crippen molar-refractivity contribution in [2.24, 2.45) is 0 Å². The highest BCUT2D eigenvalue weighted by Gasteiger charge is 2.18. The molecule has 4 rings (SSSR count). The Labute approximate surface area is 171 Å². The predicted molar refractivity (Wildman–Crippen MR) is 108 cm³/mol. The third kappa shape index (κ3) is 3.95. The van der Waals surface area contributed by atoms with Crippen LogP contribution in [0.3, 0.4) is 0 Å². The van der Waals surface area contributed by atoms with Gasteiger partial charge in [-0.15, -0.1) is 20.4 Å². The van der Waals surface area contributed by atoms with Gasteiger partial charge >= 0.3 is 0 Å². The summed E-state index contributed by atoms with van der Waals surface area (Å²) in [5.74, 6) is 3.56. The van der Waals surface area contributed by atoms with Gasteiger partial charge in [0.05, 0.1) is 25.7 Å². The Kier molecular flexibility index (Phi) is 5.48. The van der Waals surface area contributed by atoms with Gasteiger partial charge in [0.15, 0.2) is 22.5 Å². The Morgan fingerprint density at radius 2 is 1.72 bits per heavy atom. The van der Waals surface area contributed by atoms with E-state index < -0.39 is 0 Å². The van der Waals surface area contributed by atoms with Gasteiger partial charge in [0.1, 0.15) is 0 Å². The van der Waals surface area contributed by atoms with E-state index in [1.54, 1.807) is 21.1 Å². The highest BCUT2D eigenvalue weighted by atomic mass is 32.2. The lowest BCUT2D eigenvalue weighted by atomic mass is 10.2. The van der Waals surface area contributed by atoms with Gasteiger partial charge in [-0.1, -0.05) is 42.1 Å². The summed E-state index contributed by atoms with van der Waals surface area (Å²) in [6.07, 6.45) is 0. The van der Waals surface area contributed by atoms with Gasteiger partial charge in [0.25, 0.3) is 0 Å². The third-order valence-electron chi connectivity index (χ3n) is 4.18. The topological polar surface area (TPSA) is 88.1 Å². The summed E-state index contributed by atoms with van der Waals surface area (Å²) >= 11 is 1.47. The molecule has 4 aromatic rings. The van der Waals surface area contributed by atoms with Gasteiger partial charge in [0, 0.05) is 18.6 Å². The Morgan fingerprint density at radius 1 is 0.931 bits per heavy atom. The summed E-state index contributed by atoms with van der Waals surface area (Å²) in [4.78, 5) is 0. The van der Waals surface area contributed by atoms with Crippen LogP contribution in [0.2, 0.25) is 0 Å². The second kappa shape index (κ2) is 8.36. The first kappa shape index (κ1) is 19.0. The molecule has 9 heteroatoms. The Bertz CT molecular complexity index is 1110. The molecule has 2 aromatic carbocycles. The van der Waals surface area contributed by atoms with Crippen molar-refractivity contribution in [1.82, 2.24) is 25.0 Å². The van der Waals surface area contributed by atoms with Crippen LogP contribution in [0.5, 0.6) is 11.5 Å². The monoisotopic (exact) mass is 409 g/mol. The molecule has 0 saturated heterocycles. The number of rotatable bonds is 7. The molecule has 0 aliphatic heterocycles. The van der Waals surface area contributed by atoms with Crippen molar-refractivity contribution in [1.29, 1.82) is 0 Å². The first-order valence-corrected chi connectivity index (χ1v) is 9.83. The van der Waals surface area contributed by atoms with E-state index in [-0.39, 0.29) is 0 Å². The summed E-state index contributed by atoms with van der Waals surface area (Å²) in [7, 11) is 3.22. The minimum absolute atomic E-state index is 0.487. The fourth-order valence-corrected chi connectivity index (χ4v) is 3.65. The zero-order valence-electron chi connectivity index (χ0n) is 16.2. The van der Waals surface area contributed by atoms with Gasteiger partial charge in [-0.2, -0.15) is 0 Å². The van der Waals surface area contributed by atoms with Crippen molar-refractivity contribution in [2.75, 3.05) is 14.2 Å². The molecule has 148 valence electrons. The maximum absolute atomic E-state index is 5.47. The average Bonchev–Trinajstić information content (AvgIpc) is 3.38. The highest BCUT2D eigenvalue weighted by molar-refractivity contribution is 7.98. The number of ether oxygens (including phenoxy) is 2. The minimum atomic E-state index is 0.487. The molecule has 0 amide bonds. The van der Waals surface area contributed by atoms with Crippen molar-refractivity contribution < 1.29 is 13.9 Å². The number of aryl methyl sites for hydroxylation is 1. The van der Waals surface area contributed by atoms with Gasteiger partial charge in [-0.25, -0.2) is 0 Å². The van der Waals surface area contributed by atoms with E-state index in [1.807, 2.05) is 53.1 Å². The van der Waals surface area contributed by atoms with Crippen LogP contribution < -0.4 is 9.47 Å². The number of aromatic nitrogens is 5. The SMILES string of the molecule is COc1ccc(-n2c(SCc3nnc(C)o3)nnc2-c2ccccc2)cc1OC. The number of thioether (sulfide) groups is 1. The normalized spacial score (nSPS) is 10.9. The number of hydrogen-bond acceptors (Lipinski definition) is 8. The molecule has 0 atom stereocenters. The summed E-state index contributed by atoms with van der Waals surface area (Å²) in [6, 6.07) is 15.6. The van der Waals surface area contributed by atoms with Crippen molar-refractivity contribution in [3.63, 3.8) is 0 Å². The van der Waals surface area contributed by atoms with Crippen LogP contribution in [0.1, 0.15) is 11.8 Å². The van der Waals surface area contributed by atoms with E-state index in [0.717, 1.165) is 17.1 Å². The lowest BCUT2D eigenvalue weighted by molar-refractivity contribution is 0.355. The molecule has 2 heterocycles. The van der Waals surface area contributed by atoms with Crippen LogP contribution in [0.25, 0.3) is 17.1 Å². The predicted octanol–water partition coefficient (Wildman–Crippen LogP) is 3.94. The smallest absolute Gasteiger partial charge is 0.226 e. The lowest BCUT2D eigenvalue weighted by Gasteiger charge is -2.13. The number of benzene rings is 2. The number of hydrogen-bond donors (Lipinski definition) is 0. The maximum Gasteiger partial charge on any atom is 0.226 e. The number of nitrogens with zero attached hydrogens (tertiary/aromatic N) is 5. The van der Waals surface area contributed by atoms with Crippen LogP contribution in [-0.2, 0) is 5.75 Å². The molecule has 8 nitrogen and oxygen atoms in total. The van der Waals surface area contributed by atoms with Crippen molar-refractivity contribution in [2.45, 2.75) is 17.8 Å². The summed E-state index contributed by atoms with van der Waals surface area (Å²) in [5.41, 5.74) is 1.81. The molecule has 0 saturated carbocycles. The summed E-state index contributed by atoms with van der Waals surface area (Å²) in [6.45, 7) is 1.76. The summed E-state index contributed by atoms with van der Waals surface area (Å²) in [5, 5.41) is 17.5. The quantitative estimate of drug-likeness (QED) is 0.424. The zero-order chi connectivity index (χ0) is 20.2. The van der Waals surface area contributed by atoms with E-state index in [1.165, 1.54) is 11.8 Å². The fourth-order valence-electron chi connectivity index (χ4n) is 2.86. The van der Waals surface area contributed by atoms with Crippen LogP contribution >= 0.6 is 11.8 Å². The molecule has 0 unspecified atom stereocenters. The largest absolute Gasteiger partial charge is 0.493 e. The summed E-state index contributed by atoms with van der Waals surface area (Å²) < 4.78 is 18.3. The Balaban J connectivity index is 1.77. The molecule has 2 aromatic heterocycles. The lowest BCUT2D eigenvalue weighted by Crippen LogP contribution is -2.01. The second-order valence-electron chi connectivity index (χ2n) is 6.05.